The van der Waals surface area contributed by atoms with Crippen LogP contribution in [-0.4, -0.2) is 23.7 Å². The van der Waals surface area contributed by atoms with Crippen molar-refractivity contribution in [3.05, 3.63) is 30.5 Å². The largest absolute Gasteiger partial charge is 0.346 e. The van der Waals surface area contributed by atoms with Crippen LogP contribution in [0.15, 0.2) is 29.9 Å². The number of allylic oxidation sites excluding steroid dienone is 1. The third-order valence-electron chi connectivity index (χ3n) is 1.33. The third-order valence-corrected chi connectivity index (χ3v) is 1.87. The molecule has 2 nitrogen and oxygen atoms in total. The van der Waals surface area contributed by atoms with Gasteiger partial charge in [0.05, 0.1) is 0 Å². The zero-order chi connectivity index (χ0) is 8.81. The van der Waals surface area contributed by atoms with Crippen molar-refractivity contribution in [2.24, 2.45) is 4.99 Å². The average molecular weight is 178 g/mol. The van der Waals surface area contributed by atoms with Crippen molar-refractivity contribution in [3.63, 3.8) is 0 Å². The van der Waals surface area contributed by atoms with Crippen molar-refractivity contribution < 1.29 is 0 Å². The molecule has 1 rings (SSSR count). The Morgan fingerprint density at radius 3 is 3.17 bits per heavy atom. The quantitative estimate of drug-likeness (QED) is 0.544. The maximum atomic E-state index is 4.17. The van der Waals surface area contributed by atoms with Crippen LogP contribution in [0.1, 0.15) is 5.56 Å². The summed E-state index contributed by atoms with van der Waals surface area (Å²) in [6.45, 7) is 5.64. The molecule has 3 heteroatoms. The molecule has 0 radical (unpaired) electrons. The van der Waals surface area contributed by atoms with Gasteiger partial charge in [-0.2, -0.15) is 0 Å². The molecule has 0 bridgehead atoms. The third kappa shape index (κ3) is 2.18. The number of hydrogen-bond acceptors (Lipinski definition) is 1. The van der Waals surface area contributed by atoms with E-state index < -0.39 is 0 Å². The number of aromatic amines is 1. The first-order chi connectivity index (χ1) is 5.88. The molecule has 1 heterocycles. The molecule has 12 heavy (non-hydrogen) atoms. The van der Waals surface area contributed by atoms with Crippen LogP contribution < -0.4 is 0 Å². The van der Waals surface area contributed by atoms with Gasteiger partial charge < -0.3 is 4.98 Å². The van der Waals surface area contributed by atoms with Crippen molar-refractivity contribution >= 4 is 26.0 Å². The molecule has 0 aliphatic rings. The van der Waals surface area contributed by atoms with Gasteiger partial charge in [0, 0.05) is 18.0 Å². The summed E-state index contributed by atoms with van der Waals surface area (Å²) in [5.41, 5.74) is 1.14. The number of aliphatic imine (C=N–C) groups is 1. The normalized spacial score (nSPS) is 11.4. The van der Waals surface area contributed by atoms with E-state index in [0.717, 1.165) is 11.4 Å². The highest BCUT2D eigenvalue weighted by Crippen LogP contribution is 2.14. The predicted octanol–water partition coefficient (Wildman–Crippen LogP) is 2.63. The lowest BCUT2D eigenvalue weighted by Gasteiger charge is -1.88. The van der Waals surface area contributed by atoms with E-state index >= 15 is 0 Å². The molecule has 0 saturated heterocycles. The molecule has 0 aliphatic carbocycles. The van der Waals surface area contributed by atoms with E-state index in [9.17, 15) is 0 Å². The first-order valence-corrected chi connectivity index (χ1v) is 5.04. The highest BCUT2D eigenvalue weighted by molar-refractivity contribution is 7.38. The zero-order valence-corrected chi connectivity index (χ0v) is 7.88. The molecule has 0 amide bonds. The van der Waals surface area contributed by atoms with Crippen LogP contribution in [0.4, 0.5) is 5.82 Å². The maximum absolute atomic E-state index is 4.17. The van der Waals surface area contributed by atoms with E-state index in [1.165, 1.54) is 8.20 Å². The summed E-state index contributed by atoms with van der Waals surface area (Å²) >= 11 is 0. The maximum Gasteiger partial charge on any atom is 0.137 e. The second kappa shape index (κ2) is 4.68. The summed E-state index contributed by atoms with van der Waals surface area (Å²) in [5.74, 6) is 3.00. The molecule has 1 aromatic heterocycles. The minimum absolute atomic E-state index is 0.893. The van der Waals surface area contributed by atoms with Crippen molar-refractivity contribution in [2.45, 2.75) is 0 Å². The highest BCUT2D eigenvalue weighted by Gasteiger charge is 1.95. The Labute approximate surface area is 73.8 Å². The molecule has 1 aromatic rings. The summed E-state index contributed by atoms with van der Waals surface area (Å²) in [5, 5.41) is 0. The Kier molecular flexibility index (Phi) is 3.49. The van der Waals surface area contributed by atoms with Gasteiger partial charge in [0.1, 0.15) is 5.82 Å². The molecular formula is C9H11N2P. The standard InChI is InChI=1S/C9H11N2P/c1-3-5-10-9-8(7-12-2)4-6-11-9/h3-7,11H,1H2,2H3. The number of hydrogen-bond donors (Lipinski definition) is 1. The molecular weight excluding hydrogens is 167 g/mol. The van der Waals surface area contributed by atoms with Crippen molar-refractivity contribution in [1.29, 1.82) is 0 Å². The van der Waals surface area contributed by atoms with Gasteiger partial charge in [0.15, 0.2) is 0 Å². The van der Waals surface area contributed by atoms with Gasteiger partial charge in [-0.3, -0.25) is 0 Å². The second-order valence-corrected chi connectivity index (χ2v) is 2.96. The van der Waals surface area contributed by atoms with Gasteiger partial charge in [-0.25, -0.2) is 4.99 Å². The molecule has 0 fully saturated rings. The van der Waals surface area contributed by atoms with Crippen LogP contribution in [0.5, 0.6) is 0 Å². The fraction of sp³-hybridized carbons (Fsp3) is 0.111. The van der Waals surface area contributed by atoms with Crippen LogP contribution >= 0.6 is 8.20 Å². The molecule has 1 N–H and O–H groups in total. The molecule has 0 saturated carbocycles. The predicted molar refractivity (Wildman–Crippen MR) is 57.2 cm³/mol. The molecule has 0 unspecified atom stereocenters. The topological polar surface area (TPSA) is 28.1 Å². The van der Waals surface area contributed by atoms with Crippen molar-refractivity contribution in [2.75, 3.05) is 6.66 Å². The van der Waals surface area contributed by atoms with Crippen LogP contribution in [0.25, 0.3) is 0 Å². The van der Waals surface area contributed by atoms with Crippen LogP contribution in [0.2, 0.25) is 0 Å². The molecule has 0 spiro atoms. The summed E-state index contributed by atoms with van der Waals surface area (Å²) in [7, 11) is 1.24. The van der Waals surface area contributed by atoms with E-state index in [0.29, 0.717) is 0 Å². The van der Waals surface area contributed by atoms with E-state index in [1.54, 1.807) is 12.3 Å². The Hall–Kier alpha value is -1.14. The fourth-order valence-electron chi connectivity index (χ4n) is 0.855. The number of nitrogens with one attached hydrogen (secondary N) is 1. The van der Waals surface area contributed by atoms with Crippen molar-refractivity contribution in [3.8, 4) is 0 Å². The number of nitrogens with zero attached hydrogens (tertiary/aromatic N) is 1. The number of rotatable bonds is 3. The van der Waals surface area contributed by atoms with E-state index in [1.807, 2.05) is 12.3 Å². The molecule has 0 atom stereocenters. The van der Waals surface area contributed by atoms with Gasteiger partial charge in [-0.15, -0.1) is 8.20 Å². The van der Waals surface area contributed by atoms with Crippen molar-refractivity contribution in [1.82, 2.24) is 4.98 Å². The van der Waals surface area contributed by atoms with E-state index in [-0.39, 0.29) is 0 Å². The van der Waals surface area contributed by atoms with Crippen LogP contribution in [-0.2, 0) is 0 Å². The summed E-state index contributed by atoms with van der Waals surface area (Å²) < 4.78 is 0. The summed E-state index contributed by atoms with van der Waals surface area (Å²) in [6.07, 6.45) is 5.22. The molecule has 62 valence electrons. The zero-order valence-electron chi connectivity index (χ0n) is 6.99. The summed E-state index contributed by atoms with van der Waals surface area (Å²) in [6, 6.07) is 2.01. The Balaban J connectivity index is 2.90. The van der Waals surface area contributed by atoms with Gasteiger partial charge in [0.2, 0.25) is 0 Å². The SMILES string of the molecule is C=CC=Nc1[nH]ccc1C=PC. The highest BCUT2D eigenvalue weighted by atomic mass is 31.1. The van der Waals surface area contributed by atoms with E-state index in [4.69, 9.17) is 0 Å². The van der Waals surface area contributed by atoms with Gasteiger partial charge >= 0.3 is 0 Å². The minimum Gasteiger partial charge on any atom is -0.346 e. The summed E-state index contributed by atoms with van der Waals surface area (Å²) in [4.78, 5) is 7.21. The van der Waals surface area contributed by atoms with Crippen LogP contribution in [0, 0.1) is 0 Å². The lowest BCUT2D eigenvalue weighted by atomic mass is 10.4. The van der Waals surface area contributed by atoms with Gasteiger partial charge in [-0.05, 0) is 18.5 Å². The Bertz CT molecular complexity index is 310. The Morgan fingerprint density at radius 1 is 1.67 bits per heavy atom. The minimum atomic E-state index is 0.893. The lowest BCUT2D eigenvalue weighted by Crippen LogP contribution is -1.74. The van der Waals surface area contributed by atoms with E-state index in [2.05, 4.69) is 29.0 Å². The molecule has 0 aromatic carbocycles. The smallest absolute Gasteiger partial charge is 0.137 e. The monoisotopic (exact) mass is 178 g/mol. The molecule has 0 aliphatic heterocycles. The van der Waals surface area contributed by atoms with Crippen LogP contribution in [0.3, 0.4) is 0 Å². The van der Waals surface area contributed by atoms with Gasteiger partial charge in [0.25, 0.3) is 0 Å². The lowest BCUT2D eigenvalue weighted by molar-refractivity contribution is 1.34. The first-order valence-electron chi connectivity index (χ1n) is 3.63. The Morgan fingerprint density at radius 2 is 2.50 bits per heavy atom. The number of H-pyrrole nitrogens is 1. The number of aromatic nitrogens is 1. The van der Waals surface area contributed by atoms with Gasteiger partial charge in [-0.1, -0.05) is 12.7 Å². The fourth-order valence-corrected chi connectivity index (χ4v) is 1.34. The average Bonchev–Trinajstić information content (AvgIpc) is 2.50. The first kappa shape index (κ1) is 8.95. The second-order valence-electron chi connectivity index (χ2n) is 2.18.